The van der Waals surface area contributed by atoms with Gasteiger partial charge >= 0.3 is 0 Å². The molecule has 18 heavy (non-hydrogen) atoms. The van der Waals surface area contributed by atoms with Gasteiger partial charge in [0.05, 0.1) is 5.52 Å². The summed E-state index contributed by atoms with van der Waals surface area (Å²) < 4.78 is 0. The van der Waals surface area contributed by atoms with Crippen molar-refractivity contribution in [3.05, 3.63) is 24.5 Å². The first-order valence-corrected chi connectivity index (χ1v) is 6.57. The fraction of sp³-hybridized carbons (Fsp3) is 0.429. The molecule has 4 nitrogen and oxygen atoms in total. The highest BCUT2D eigenvalue weighted by Crippen LogP contribution is 2.33. The van der Waals surface area contributed by atoms with Gasteiger partial charge in [0, 0.05) is 17.6 Å². The first kappa shape index (κ1) is 11.3. The molecule has 0 radical (unpaired) electrons. The van der Waals surface area contributed by atoms with Gasteiger partial charge < -0.3 is 11.1 Å². The fourth-order valence-corrected chi connectivity index (χ4v) is 2.22. The molecular weight excluding hydrogens is 224 g/mol. The van der Waals surface area contributed by atoms with Crippen LogP contribution in [0.3, 0.4) is 0 Å². The predicted molar refractivity (Wildman–Crippen MR) is 74.4 cm³/mol. The lowest BCUT2D eigenvalue weighted by molar-refractivity contribution is 0.687. The van der Waals surface area contributed by atoms with Gasteiger partial charge in [-0.1, -0.05) is 12.8 Å². The van der Waals surface area contributed by atoms with Crippen LogP contribution in [0.25, 0.3) is 10.9 Å². The average molecular weight is 242 g/mol. The van der Waals surface area contributed by atoms with E-state index in [0.29, 0.717) is 0 Å². The number of aromatic nitrogens is 2. The highest BCUT2D eigenvalue weighted by Gasteiger charge is 2.19. The first-order chi connectivity index (χ1) is 8.83. The molecule has 0 saturated heterocycles. The third kappa shape index (κ3) is 2.53. The molecule has 0 bridgehead atoms. The summed E-state index contributed by atoms with van der Waals surface area (Å²) in [6, 6.07) is 5.75. The van der Waals surface area contributed by atoms with Gasteiger partial charge in [0.1, 0.15) is 12.1 Å². The van der Waals surface area contributed by atoms with Crippen LogP contribution in [0.4, 0.5) is 11.5 Å². The summed E-state index contributed by atoms with van der Waals surface area (Å²) in [4.78, 5) is 8.54. The van der Waals surface area contributed by atoms with Gasteiger partial charge in [-0.2, -0.15) is 0 Å². The number of nitrogens with two attached hydrogens (primary N) is 1. The maximum atomic E-state index is 5.76. The summed E-state index contributed by atoms with van der Waals surface area (Å²) >= 11 is 0. The lowest BCUT2D eigenvalue weighted by atomic mass is 10.2. The molecule has 1 aliphatic rings. The molecule has 0 aliphatic heterocycles. The van der Waals surface area contributed by atoms with Crippen molar-refractivity contribution in [1.82, 2.24) is 9.97 Å². The van der Waals surface area contributed by atoms with Gasteiger partial charge in [-0.05, 0) is 37.0 Å². The van der Waals surface area contributed by atoms with Crippen molar-refractivity contribution in [2.24, 2.45) is 5.92 Å². The lowest BCUT2D eigenvalue weighted by Gasteiger charge is -2.08. The maximum absolute atomic E-state index is 5.76. The highest BCUT2D eigenvalue weighted by atomic mass is 15.0. The van der Waals surface area contributed by atoms with Crippen LogP contribution in [0.5, 0.6) is 0 Å². The molecule has 1 aliphatic carbocycles. The fourth-order valence-electron chi connectivity index (χ4n) is 2.22. The number of benzene rings is 1. The largest absolute Gasteiger partial charge is 0.399 e. The molecule has 1 aromatic heterocycles. The van der Waals surface area contributed by atoms with E-state index in [1.54, 1.807) is 6.33 Å². The van der Waals surface area contributed by atoms with Crippen LogP contribution < -0.4 is 11.1 Å². The zero-order valence-corrected chi connectivity index (χ0v) is 10.4. The Morgan fingerprint density at radius 2 is 2.17 bits per heavy atom. The number of hydrogen-bond donors (Lipinski definition) is 2. The van der Waals surface area contributed by atoms with E-state index in [-0.39, 0.29) is 0 Å². The molecule has 0 atom stereocenters. The van der Waals surface area contributed by atoms with Crippen molar-refractivity contribution in [2.75, 3.05) is 17.6 Å². The quantitative estimate of drug-likeness (QED) is 0.625. The first-order valence-electron chi connectivity index (χ1n) is 6.57. The van der Waals surface area contributed by atoms with Crippen LogP contribution in [0.15, 0.2) is 24.5 Å². The molecule has 2 aromatic rings. The minimum atomic E-state index is 0.737. The molecule has 3 N–H and O–H groups in total. The molecule has 3 rings (SSSR count). The number of nitrogens with one attached hydrogen (secondary N) is 1. The van der Waals surface area contributed by atoms with Crippen molar-refractivity contribution in [2.45, 2.75) is 25.7 Å². The topological polar surface area (TPSA) is 63.8 Å². The zero-order valence-electron chi connectivity index (χ0n) is 10.4. The van der Waals surface area contributed by atoms with Crippen molar-refractivity contribution in [3.63, 3.8) is 0 Å². The van der Waals surface area contributed by atoms with Crippen molar-refractivity contribution in [1.29, 1.82) is 0 Å². The van der Waals surface area contributed by atoms with E-state index in [4.69, 9.17) is 5.73 Å². The predicted octanol–water partition coefficient (Wildman–Crippen LogP) is 2.81. The Hall–Kier alpha value is -1.84. The third-order valence-corrected chi connectivity index (χ3v) is 3.44. The second-order valence-electron chi connectivity index (χ2n) is 5.01. The number of nitrogens with zero attached hydrogens (tertiary/aromatic N) is 2. The van der Waals surface area contributed by atoms with Crippen molar-refractivity contribution in [3.8, 4) is 0 Å². The summed E-state index contributed by atoms with van der Waals surface area (Å²) in [5.41, 5.74) is 7.39. The molecule has 4 heteroatoms. The minimum absolute atomic E-state index is 0.737. The van der Waals surface area contributed by atoms with E-state index in [1.807, 2.05) is 18.2 Å². The van der Waals surface area contributed by atoms with Crippen molar-refractivity contribution >= 4 is 22.4 Å². The van der Waals surface area contributed by atoms with Gasteiger partial charge in [0.2, 0.25) is 0 Å². The molecule has 1 fully saturated rings. The Bertz CT molecular complexity index is 548. The normalized spacial score (nSPS) is 14.9. The standard InChI is InChI=1S/C14H18N4/c15-11-5-6-12-13(8-11)17-9-18-14(12)16-7-1-2-10-3-4-10/h5-6,8-10H,1-4,7,15H2,(H,16,17,18). The van der Waals surface area contributed by atoms with E-state index >= 15 is 0 Å². The SMILES string of the molecule is Nc1ccc2c(NCCCC3CC3)ncnc2c1. The number of rotatable bonds is 5. The number of nitrogen functional groups attached to an aromatic ring is 1. The summed E-state index contributed by atoms with van der Waals surface area (Å²) in [6.45, 7) is 0.979. The van der Waals surface area contributed by atoms with E-state index in [2.05, 4.69) is 15.3 Å². The number of fused-ring (bicyclic) bond motifs is 1. The van der Waals surface area contributed by atoms with Crippen LogP contribution in [0.1, 0.15) is 25.7 Å². The Morgan fingerprint density at radius 1 is 1.28 bits per heavy atom. The Balaban J connectivity index is 1.70. The van der Waals surface area contributed by atoms with Gasteiger partial charge in [-0.3, -0.25) is 0 Å². The monoisotopic (exact) mass is 242 g/mol. The molecular formula is C14H18N4. The van der Waals surface area contributed by atoms with Crippen LogP contribution in [-0.4, -0.2) is 16.5 Å². The average Bonchev–Trinajstić information content (AvgIpc) is 3.18. The molecule has 1 saturated carbocycles. The molecule has 0 spiro atoms. The molecule has 1 aromatic carbocycles. The van der Waals surface area contributed by atoms with E-state index in [9.17, 15) is 0 Å². The Kier molecular flexibility index (Phi) is 3.00. The molecule has 0 unspecified atom stereocenters. The van der Waals surface area contributed by atoms with E-state index < -0.39 is 0 Å². The van der Waals surface area contributed by atoms with Gasteiger partial charge in [-0.15, -0.1) is 0 Å². The second-order valence-corrected chi connectivity index (χ2v) is 5.01. The van der Waals surface area contributed by atoms with E-state index in [1.165, 1.54) is 25.7 Å². The maximum Gasteiger partial charge on any atom is 0.137 e. The van der Waals surface area contributed by atoms with E-state index in [0.717, 1.165) is 34.9 Å². The van der Waals surface area contributed by atoms with Crippen LogP contribution in [-0.2, 0) is 0 Å². The van der Waals surface area contributed by atoms with Gasteiger partial charge in [-0.25, -0.2) is 9.97 Å². The zero-order chi connectivity index (χ0) is 12.4. The highest BCUT2D eigenvalue weighted by molar-refractivity contribution is 5.90. The van der Waals surface area contributed by atoms with Gasteiger partial charge in [0.25, 0.3) is 0 Å². The third-order valence-electron chi connectivity index (χ3n) is 3.44. The van der Waals surface area contributed by atoms with Crippen molar-refractivity contribution < 1.29 is 0 Å². The number of hydrogen-bond acceptors (Lipinski definition) is 4. The summed E-state index contributed by atoms with van der Waals surface area (Å²) in [7, 11) is 0. The lowest BCUT2D eigenvalue weighted by Crippen LogP contribution is -2.04. The number of anilines is 2. The van der Waals surface area contributed by atoms with Crippen LogP contribution in [0.2, 0.25) is 0 Å². The molecule has 1 heterocycles. The Morgan fingerprint density at radius 3 is 3.00 bits per heavy atom. The molecule has 94 valence electrons. The van der Waals surface area contributed by atoms with Gasteiger partial charge in [0.15, 0.2) is 0 Å². The smallest absolute Gasteiger partial charge is 0.137 e. The second kappa shape index (κ2) is 4.80. The summed E-state index contributed by atoms with van der Waals surface area (Å²) in [6.07, 6.45) is 6.99. The minimum Gasteiger partial charge on any atom is -0.399 e. The molecule has 0 amide bonds. The Labute approximate surface area is 107 Å². The summed E-state index contributed by atoms with van der Waals surface area (Å²) in [5, 5.41) is 4.44. The van der Waals surface area contributed by atoms with Crippen LogP contribution >= 0.6 is 0 Å². The van der Waals surface area contributed by atoms with Crippen LogP contribution in [0, 0.1) is 5.92 Å². The summed E-state index contributed by atoms with van der Waals surface area (Å²) in [5.74, 6) is 1.91.